The Kier molecular flexibility index (Phi) is 4.97. The first-order chi connectivity index (χ1) is 14.4. The van der Waals surface area contributed by atoms with Crippen LogP contribution in [-0.2, 0) is 0 Å². The molecule has 0 saturated heterocycles. The summed E-state index contributed by atoms with van der Waals surface area (Å²) >= 11 is 0. The highest BCUT2D eigenvalue weighted by Crippen LogP contribution is 2.35. The van der Waals surface area contributed by atoms with Crippen LogP contribution in [0.3, 0.4) is 0 Å². The number of benzene rings is 2. The third-order valence-electron chi connectivity index (χ3n) is 4.98. The van der Waals surface area contributed by atoms with Gasteiger partial charge < -0.3 is 10.6 Å². The zero-order valence-corrected chi connectivity index (χ0v) is 16.8. The van der Waals surface area contributed by atoms with Gasteiger partial charge in [-0.15, -0.1) is 0 Å². The fourth-order valence-electron chi connectivity index (χ4n) is 3.22. The van der Waals surface area contributed by atoms with E-state index >= 15 is 0 Å². The van der Waals surface area contributed by atoms with Crippen molar-refractivity contribution in [1.82, 2.24) is 15.0 Å². The summed E-state index contributed by atoms with van der Waals surface area (Å²) in [5.74, 6) is 0.217. The lowest BCUT2D eigenvalue weighted by Crippen LogP contribution is -2.06. The summed E-state index contributed by atoms with van der Waals surface area (Å²) in [7, 11) is 0. The van der Waals surface area contributed by atoms with Crippen LogP contribution in [0.4, 0.5) is 28.7 Å². The lowest BCUT2D eigenvalue weighted by Gasteiger charge is -2.13. The van der Waals surface area contributed by atoms with E-state index < -0.39 is 4.92 Å². The predicted octanol–water partition coefficient (Wildman–Crippen LogP) is 5.35. The van der Waals surface area contributed by atoms with Crippen molar-refractivity contribution < 1.29 is 4.92 Å². The van der Waals surface area contributed by atoms with E-state index in [1.165, 1.54) is 6.33 Å². The molecule has 0 spiro atoms. The minimum Gasteiger partial charge on any atom is -0.334 e. The molecule has 0 fully saturated rings. The fourth-order valence-corrected chi connectivity index (χ4v) is 3.22. The maximum absolute atomic E-state index is 11.9. The average Bonchev–Trinajstić information content (AvgIpc) is 2.72. The maximum Gasteiger partial charge on any atom is 0.353 e. The first-order valence-electron chi connectivity index (χ1n) is 9.40. The van der Waals surface area contributed by atoms with Crippen molar-refractivity contribution in [1.29, 1.82) is 0 Å². The number of nitrogens with zero attached hydrogens (tertiary/aromatic N) is 4. The molecule has 8 nitrogen and oxygen atoms in total. The van der Waals surface area contributed by atoms with Crippen LogP contribution in [0.5, 0.6) is 0 Å². The number of nitro groups is 1. The number of para-hydroxylation sites is 1. The average molecular weight is 400 g/mol. The number of hydrogen-bond acceptors (Lipinski definition) is 7. The van der Waals surface area contributed by atoms with Crippen molar-refractivity contribution in [3.63, 3.8) is 0 Å². The van der Waals surface area contributed by atoms with Gasteiger partial charge in [0.15, 0.2) is 0 Å². The molecule has 4 aromatic rings. The molecule has 0 radical (unpaired) electrons. The molecule has 0 aliphatic carbocycles. The number of fused-ring (bicyclic) bond motifs is 1. The predicted molar refractivity (Wildman–Crippen MR) is 118 cm³/mol. The topological polar surface area (TPSA) is 106 Å². The molecular weight excluding hydrogens is 380 g/mol. The Morgan fingerprint density at radius 3 is 2.27 bits per heavy atom. The summed E-state index contributed by atoms with van der Waals surface area (Å²) in [4.78, 5) is 24.3. The molecular formula is C22H20N6O2. The molecule has 0 bridgehead atoms. The Labute approximate surface area is 173 Å². The molecule has 150 valence electrons. The van der Waals surface area contributed by atoms with Gasteiger partial charge in [-0.05, 0) is 50.1 Å². The summed E-state index contributed by atoms with van der Waals surface area (Å²) < 4.78 is 0. The largest absolute Gasteiger partial charge is 0.353 e. The van der Waals surface area contributed by atoms with Gasteiger partial charge in [0.05, 0.1) is 16.1 Å². The van der Waals surface area contributed by atoms with Gasteiger partial charge in [-0.25, -0.2) is 9.97 Å². The van der Waals surface area contributed by atoms with Gasteiger partial charge in [0.25, 0.3) is 0 Å². The number of aromatic nitrogens is 3. The van der Waals surface area contributed by atoms with Crippen LogP contribution in [0.2, 0.25) is 0 Å². The van der Waals surface area contributed by atoms with E-state index in [-0.39, 0.29) is 17.3 Å². The Morgan fingerprint density at radius 1 is 0.867 bits per heavy atom. The van der Waals surface area contributed by atoms with Crippen LogP contribution in [0.15, 0.2) is 54.9 Å². The Hall–Kier alpha value is -4.07. The van der Waals surface area contributed by atoms with E-state index in [0.717, 1.165) is 33.4 Å². The van der Waals surface area contributed by atoms with Gasteiger partial charge in [-0.2, -0.15) is 0 Å². The third kappa shape index (κ3) is 3.62. The highest BCUT2D eigenvalue weighted by molar-refractivity contribution is 5.93. The van der Waals surface area contributed by atoms with Crippen molar-refractivity contribution in [2.75, 3.05) is 10.6 Å². The van der Waals surface area contributed by atoms with Crippen LogP contribution in [0, 0.1) is 30.9 Å². The van der Waals surface area contributed by atoms with Crippen molar-refractivity contribution >= 4 is 39.6 Å². The molecule has 0 aliphatic rings. The van der Waals surface area contributed by atoms with Crippen LogP contribution in [0.25, 0.3) is 10.9 Å². The Morgan fingerprint density at radius 2 is 1.53 bits per heavy atom. The quantitative estimate of drug-likeness (QED) is 0.344. The number of aryl methyl sites for hydroxylation is 2. The normalized spacial score (nSPS) is 10.8. The Bertz CT molecular complexity index is 1270. The highest BCUT2D eigenvalue weighted by atomic mass is 16.6. The second-order valence-electron chi connectivity index (χ2n) is 7.00. The SMILES string of the molecule is Cc1ccc2cccc(Nc3ncnc(Nc4cccc(C)c4C)c3[N+](=O)[O-])c2n1. The van der Waals surface area contributed by atoms with E-state index in [1.807, 2.05) is 69.3 Å². The molecule has 2 aromatic carbocycles. The first-order valence-corrected chi connectivity index (χ1v) is 9.40. The van der Waals surface area contributed by atoms with Gasteiger partial charge >= 0.3 is 5.69 Å². The van der Waals surface area contributed by atoms with E-state index in [1.54, 1.807) is 0 Å². The minimum absolute atomic E-state index is 0.0959. The number of rotatable bonds is 5. The van der Waals surface area contributed by atoms with Gasteiger partial charge in [0, 0.05) is 16.8 Å². The first kappa shape index (κ1) is 19.3. The molecule has 4 rings (SSSR count). The zero-order chi connectivity index (χ0) is 21.3. The lowest BCUT2D eigenvalue weighted by atomic mass is 10.1. The summed E-state index contributed by atoms with van der Waals surface area (Å²) in [5.41, 5.74) is 4.80. The summed E-state index contributed by atoms with van der Waals surface area (Å²) in [6.45, 7) is 5.83. The summed E-state index contributed by atoms with van der Waals surface area (Å²) in [6.07, 6.45) is 1.30. The van der Waals surface area contributed by atoms with Crippen LogP contribution < -0.4 is 10.6 Å². The smallest absolute Gasteiger partial charge is 0.334 e. The summed E-state index contributed by atoms with van der Waals surface area (Å²) in [6, 6.07) is 15.2. The van der Waals surface area contributed by atoms with E-state index in [2.05, 4.69) is 25.6 Å². The zero-order valence-electron chi connectivity index (χ0n) is 16.8. The van der Waals surface area contributed by atoms with Crippen molar-refractivity contribution in [2.24, 2.45) is 0 Å². The second kappa shape index (κ2) is 7.75. The minimum atomic E-state index is -0.487. The Balaban J connectivity index is 1.78. The lowest BCUT2D eigenvalue weighted by molar-refractivity contribution is -0.383. The van der Waals surface area contributed by atoms with Gasteiger partial charge in [0.2, 0.25) is 11.6 Å². The van der Waals surface area contributed by atoms with Crippen molar-refractivity contribution in [3.05, 3.63) is 81.8 Å². The molecule has 0 saturated carbocycles. The molecule has 0 atom stereocenters. The van der Waals surface area contributed by atoms with E-state index in [4.69, 9.17) is 0 Å². The van der Waals surface area contributed by atoms with Crippen molar-refractivity contribution in [2.45, 2.75) is 20.8 Å². The number of anilines is 4. The molecule has 30 heavy (non-hydrogen) atoms. The summed E-state index contributed by atoms with van der Waals surface area (Å²) in [5, 5.41) is 19.0. The number of nitrogens with one attached hydrogen (secondary N) is 2. The van der Waals surface area contributed by atoms with Crippen molar-refractivity contribution in [3.8, 4) is 0 Å². The number of hydrogen-bond donors (Lipinski definition) is 2. The van der Waals surface area contributed by atoms with Gasteiger partial charge in [0.1, 0.15) is 6.33 Å². The molecule has 0 amide bonds. The second-order valence-corrected chi connectivity index (χ2v) is 7.00. The third-order valence-corrected chi connectivity index (χ3v) is 4.98. The molecule has 2 aromatic heterocycles. The van der Waals surface area contributed by atoms with E-state index in [9.17, 15) is 10.1 Å². The molecule has 8 heteroatoms. The monoisotopic (exact) mass is 400 g/mol. The standard InChI is InChI=1S/C22H20N6O2/c1-13-6-4-8-17(15(13)3)26-21-20(28(29)30)22(24-12-23-21)27-18-9-5-7-16-11-10-14(2)25-19(16)18/h4-12H,1-3H3,(H2,23,24,26,27). The van der Waals surface area contributed by atoms with E-state index in [0.29, 0.717) is 5.69 Å². The molecule has 0 aliphatic heterocycles. The molecule has 2 N–H and O–H groups in total. The van der Waals surface area contributed by atoms with Gasteiger partial charge in [-0.1, -0.05) is 30.3 Å². The van der Waals surface area contributed by atoms with Crippen LogP contribution in [0.1, 0.15) is 16.8 Å². The number of pyridine rings is 1. The van der Waals surface area contributed by atoms with Crippen LogP contribution in [-0.4, -0.2) is 19.9 Å². The van der Waals surface area contributed by atoms with Gasteiger partial charge in [-0.3, -0.25) is 15.1 Å². The highest BCUT2D eigenvalue weighted by Gasteiger charge is 2.24. The molecule has 0 unspecified atom stereocenters. The molecule has 2 heterocycles. The van der Waals surface area contributed by atoms with Crippen LogP contribution >= 0.6 is 0 Å². The fraction of sp³-hybridized carbons (Fsp3) is 0.136. The maximum atomic E-state index is 11.9.